The van der Waals surface area contributed by atoms with Crippen molar-refractivity contribution < 1.29 is 19.1 Å². The first-order valence-electron chi connectivity index (χ1n) is 13.0. The highest BCUT2D eigenvalue weighted by Crippen LogP contribution is 2.37. The monoisotopic (exact) mass is 519 g/mol. The summed E-state index contributed by atoms with van der Waals surface area (Å²) in [6.45, 7) is 6.38. The van der Waals surface area contributed by atoms with Crippen LogP contribution < -0.4 is 21.5 Å². The van der Waals surface area contributed by atoms with E-state index in [1.54, 1.807) is 36.4 Å². The smallest absolute Gasteiger partial charge is 0.250 e. The van der Waals surface area contributed by atoms with Crippen molar-refractivity contribution in [3.05, 3.63) is 91.9 Å². The second-order valence-electron chi connectivity index (χ2n) is 10.6. The first kappa shape index (κ1) is 25.8. The maximum atomic E-state index is 12.8. The summed E-state index contributed by atoms with van der Waals surface area (Å²) in [5.74, 6) is -0.199. The Kier molecular flexibility index (Phi) is 7.12. The number of carbonyl (C=O) groups is 1. The van der Waals surface area contributed by atoms with Crippen LogP contribution in [0.5, 0.6) is 11.5 Å². The van der Waals surface area contributed by atoms with Crippen molar-refractivity contribution in [2.45, 2.75) is 57.7 Å². The zero-order valence-electron chi connectivity index (χ0n) is 21.6. The Morgan fingerprint density at radius 2 is 1.89 bits per heavy atom. The molecule has 0 spiro atoms. The third-order valence-corrected chi connectivity index (χ3v) is 7.31. The molecule has 1 amide bonds. The summed E-state index contributed by atoms with van der Waals surface area (Å²) in [4.78, 5) is 39.3. The summed E-state index contributed by atoms with van der Waals surface area (Å²) in [5.41, 5.74) is 6.72. The number of nitrogens with zero attached hydrogens (tertiary/aromatic N) is 2. The molecule has 0 saturated carbocycles. The highest BCUT2D eigenvalue weighted by Gasteiger charge is 2.35. The van der Waals surface area contributed by atoms with Crippen LogP contribution in [0.1, 0.15) is 61.3 Å². The van der Waals surface area contributed by atoms with Gasteiger partial charge in [0.15, 0.2) is 5.76 Å². The molecule has 1 saturated heterocycles. The van der Waals surface area contributed by atoms with E-state index < -0.39 is 23.0 Å². The Labute approximate surface area is 220 Å². The van der Waals surface area contributed by atoms with E-state index in [0.717, 1.165) is 25.2 Å². The van der Waals surface area contributed by atoms with E-state index in [-0.39, 0.29) is 29.8 Å². The minimum absolute atomic E-state index is 0.00441. The number of piperidine rings is 1. The van der Waals surface area contributed by atoms with E-state index in [0.29, 0.717) is 36.1 Å². The number of amides is 1. The number of fused-ring (bicyclic) bond motifs is 4. The van der Waals surface area contributed by atoms with Gasteiger partial charge in [0.25, 0.3) is 5.56 Å². The van der Waals surface area contributed by atoms with E-state index in [9.17, 15) is 19.5 Å². The van der Waals surface area contributed by atoms with Gasteiger partial charge in [-0.3, -0.25) is 19.3 Å². The molecule has 2 aliphatic rings. The summed E-state index contributed by atoms with van der Waals surface area (Å²) >= 11 is 0. The summed E-state index contributed by atoms with van der Waals surface area (Å²) in [6, 6.07) is 13.8. The van der Waals surface area contributed by atoms with Gasteiger partial charge >= 0.3 is 0 Å². The fourth-order valence-corrected chi connectivity index (χ4v) is 5.83. The topological polar surface area (TPSA) is 128 Å². The van der Waals surface area contributed by atoms with Crippen LogP contribution in [0.2, 0.25) is 0 Å². The van der Waals surface area contributed by atoms with E-state index in [4.69, 9.17) is 14.9 Å². The van der Waals surface area contributed by atoms with Crippen LogP contribution in [-0.4, -0.2) is 39.7 Å². The van der Waals surface area contributed by atoms with Crippen molar-refractivity contribution in [2.75, 3.05) is 13.1 Å². The van der Waals surface area contributed by atoms with Gasteiger partial charge in [0.2, 0.25) is 17.1 Å². The fourth-order valence-electron chi connectivity index (χ4n) is 5.83. The number of nitrogens with two attached hydrogens (primary N) is 1. The lowest BCUT2D eigenvalue weighted by Crippen LogP contribution is -2.46. The molecule has 0 unspecified atom stereocenters. The van der Waals surface area contributed by atoms with Crippen LogP contribution in [0.25, 0.3) is 0 Å². The minimum atomic E-state index is -0.729. The molecular weight excluding hydrogens is 486 g/mol. The molecule has 38 heavy (non-hydrogen) atoms. The largest absolute Gasteiger partial charge is 0.502 e. The number of aromatic nitrogens is 1. The SMILES string of the molecule is CC(C)Oc1ccc([C@H](CC(N)=O)c2oc(CN3C[C@H]4C[C@@H](C3)c3cccc(=O)n3C4)cc(=O)c2O)cc1. The minimum Gasteiger partial charge on any atom is -0.502 e. The van der Waals surface area contributed by atoms with Crippen LogP contribution in [0.4, 0.5) is 0 Å². The van der Waals surface area contributed by atoms with Gasteiger partial charge in [0, 0.05) is 49.8 Å². The van der Waals surface area contributed by atoms with Crippen molar-refractivity contribution in [3.8, 4) is 11.5 Å². The zero-order valence-corrected chi connectivity index (χ0v) is 21.6. The Morgan fingerprint density at radius 1 is 1.13 bits per heavy atom. The van der Waals surface area contributed by atoms with Crippen LogP contribution in [0.3, 0.4) is 0 Å². The number of hydrogen-bond donors (Lipinski definition) is 2. The number of primary amides is 1. The lowest BCUT2D eigenvalue weighted by atomic mass is 9.83. The molecule has 2 aromatic heterocycles. The van der Waals surface area contributed by atoms with E-state index in [1.807, 2.05) is 24.5 Å². The Morgan fingerprint density at radius 3 is 2.61 bits per heavy atom. The van der Waals surface area contributed by atoms with E-state index in [2.05, 4.69) is 4.90 Å². The maximum Gasteiger partial charge on any atom is 0.250 e. The van der Waals surface area contributed by atoms with Crippen molar-refractivity contribution in [1.82, 2.24) is 9.47 Å². The number of likely N-dealkylation sites (tertiary alicyclic amines) is 1. The molecule has 1 aromatic carbocycles. The van der Waals surface area contributed by atoms with Crippen molar-refractivity contribution in [1.29, 1.82) is 0 Å². The maximum absolute atomic E-state index is 12.8. The van der Waals surface area contributed by atoms with Crippen molar-refractivity contribution >= 4 is 5.91 Å². The second kappa shape index (κ2) is 10.5. The lowest BCUT2D eigenvalue weighted by molar-refractivity contribution is -0.118. The molecule has 5 rings (SSSR count). The lowest BCUT2D eigenvalue weighted by Gasteiger charge is -2.42. The number of carbonyl (C=O) groups excluding carboxylic acids is 1. The third kappa shape index (κ3) is 5.38. The van der Waals surface area contributed by atoms with Gasteiger partial charge in [-0.2, -0.15) is 0 Å². The van der Waals surface area contributed by atoms with E-state index >= 15 is 0 Å². The predicted octanol–water partition coefficient (Wildman–Crippen LogP) is 2.92. The number of benzene rings is 1. The molecule has 3 aromatic rings. The zero-order chi connectivity index (χ0) is 27.0. The molecule has 2 aliphatic heterocycles. The fraction of sp³-hybridized carbons (Fsp3) is 0.414. The van der Waals surface area contributed by atoms with Gasteiger partial charge in [-0.1, -0.05) is 18.2 Å². The van der Waals surface area contributed by atoms with Gasteiger partial charge < -0.3 is 24.6 Å². The van der Waals surface area contributed by atoms with E-state index in [1.165, 1.54) is 6.07 Å². The number of aromatic hydroxyl groups is 1. The first-order chi connectivity index (χ1) is 18.2. The van der Waals surface area contributed by atoms with Gasteiger partial charge in [0.1, 0.15) is 11.5 Å². The second-order valence-corrected chi connectivity index (χ2v) is 10.6. The summed E-state index contributed by atoms with van der Waals surface area (Å²) in [5, 5.41) is 10.7. The number of hydrogen-bond acceptors (Lipinski definition) is 7. The van der Waals surface area contributed by atoms with Crippen molar-refractivity contribution in [3.63, 3.8) is 0 Å². The Balaban J connectivity index is 1.42. The molecule has 3 atom stereocenters. The summed E-state index contributed by atoms with van der Waals surface area (Å²) in [7, 11) is 0. The van der Waals surface area contributed by atoms with Gasteiger partial charge in [-0.15, -0.1) is 0 Å². The van der Waals surface area contributed by atoms with Crippen LogP contribution in [-0.2, 0) is 17.9 Å². The average Bonchev–Trinajstić information content (AvgIpc) is 2.85. The van der Waals surface area contributed by atoms with Crippen LogP contribution in [0, 0.1) is 5.92 Å². The average molecular weight is 520 g/mol. The van der Waals surface area contributed by atoms with Gasteiger partial charge in [-0.25, -0.2) is 0 Å². The number of ether oxygens (including phenoxy) is 1. The molecule has 0 radical (unpaired) electrons. The number of pyridine rings is 1. The predicted molar refractivity (Wildman–Crippen MR) is 141 cm³/mol. The molecule has 1 fully saturated rings. The highest BCUT2D eigenvalue weighted by atomic mass is 16.5. The molecule has 2 bridgehead atoms. The molecule has 3 N–H and O–H groups in total. The first-order valence-corrected chi connectivity index (χ1v) is 13.0. The number of rotatable bonds is 8. The quantitative estimate of drug-likeness (QED) is 0.468. The van der Waals surface area contributed by atoms with Crippen LogP contribution >= 0.6 is 0 Å². The summed E-state index contributed by atoms with van der Waals surface area (Å²) in [6.07, 6.45) is 0.885. The Hall–Kier alpha value is -3.85. The molecule has 9 heteroatoms. The van der Waals surface area contributed by atoms with Crippen molar-refractivity contribution in [2.24, 2.45) is 11.7 Å². The normalized spacial score (nSPS) is 19.7. The van der Waals surface area contributed by atoms with Crippen LogP contribution in [0.15, 0.2) is 62.5 Å². The standard InChI is InChI=1S/C29H33N3O6/c1-17(2)37-21-8-6-19(7-9-21)23(12-26(30)34)29-28(36)25(33)11-22(38-29)16-31-13-18-10-20(15-31)24-4-3-5-27(35)32(24)14-18/h3-9,11,17-18,20,23,36H,10,12-16H2,1-2H3,(H2,30,34)/t18-,20+,23+/m1/s1. The Bertz CT molecular complexity index is 1440. The van der Waals surface area contributed by atoms with Gasteiger partial charge in [-0.05, 0) is 49.9 Å². The molecule has 200 valence electrons. The molecular formula is C29H33N3O6. The summed E-state index contributed by atoms with van der Waals surface area (Å²) < 4.78 is 13.7. The molecule has 4 heterocycles. The molecule has 0 aliphatic carbocycles. The molecule has 9 nitrogen and oxygen atoms in total. The highest BCUT2D eigenvalue weighted by molar-refractivity contribution is 5.75. The van der Waals surface area contributed by atoms with Gasteiger partial charge in [0.05, 0.1) is 18.6 Å². The third-order valence-electron chi connectivity index (χ3n) is 7.31.